The zero-order chi connectivity index (χ0) is 39.1. The highest BCUT2D eigenvalue weighted by atomic mass is 16.5. The van der Waals surface area contributed by atoms with E-state index in [9.17, 15) is 19.2 Å². The van der Waals surface area contributed by atoms with E-state index in [2.05, 4.69) is 64.6 Å². The number of nitrogens with zero attached hydrogens (tertiary/aromatic N) is 7. The summed E-state index contributed by atoms with van der Waals surface area (Å²) >= 11 is 0. The number of ether oxygens (including phenoxy) is 1. The van der Waals surface area contributed by atoms with Crippen LogP contribution in [0.4, 0.5) is 11.5 Å². The second-order valence-corrected chi connectivity index (χ2v) is 16.5. The van der Waals surface area contributed by atoms with Gasteiger partial charge in [0.05, 0.1) is 22.3 Å². The lowest BCUT2D eigenvalue weighted by Gasteiger charge is -2.39. The topological polar surface area (TPSA) is 169 Å². The van der Waals surface area contributed by atoms with Crippen molar-refractivity contribution in [3.8, 4) is 17.1 Å². The Morgan fingerprint density at radius 2 is 1.72 bits per heavy atom. The van der Waals surface area contributed by atoms with Crippen LogP contribution in [0.5, 0.6) is 5.75 Å². The highest BCUT2D eigenvalue weighted by Gasteiger charge is 2.45. The standard InChI is InChI=1S/C42H50N10O5/c1-42(13-14-42)57-28-7-8-29-32(23-28)47-48-38(29)33-24-35(45-26-44-33)51-21-19-50(20-22-51)25-27-11-17-49(18-12-27)16-3-2-15-43-31-6-4-5-30-37(31)41(56)52(40(30)55)34-9-10-36(53)46-39(34)54/h4-8,23-24,26-27,34,43H,2-3,9-22,25H2,1H3,(H,47,48)(H,46,53,54). The number of carbonyl (C=O) groups is 4. The largest absolute Gasteiger partial charge is 0.487 e. The first kappa shape index (κ1) is 37.2. The fourth-order valence-corrected chi connectivity index (χ4v) is 8.73. The molecule has 4 fully saturated rings. The monoisotopic (exact) mass is 774 g/mol. The van der Waals surface area contributed by atoms with Crippen LogP contribution in [0.1, 0.15) is 79.0 Å². The Bertz CT molecular complexity index is 2190. The summed E-state index contributed by atoms with van der Waals surface area (Å²) < 4.78 is 6.15. The van der Waals surface area contributed by atoms with Crippen LogP contribution in [0.15, 0.2) is 48.8 Å². The number of carbonyl (C=O) groups excluding carboxylic acids is 4. The minimum absolute atomic E-state index is 0.0286. The van der Waals surface area contributed by atoms with Crippen LogP contribution in [-0.2, 0) is 9.59 Å². The molecule has 0 spiro atoms. The van der Waals surface area contributed by atoms with Crippen molar-refractivity contribution in [2.75, 3.05) is 69.1 Å². The molecule has 3 N–H and O–H groups in total. The Morgan fingerprint density at radius 3 is 2.51 bits per heavy atom. The van der Waals surface area contributed by atoms with E-state index >= 15 is 0 Å². The van der Waals surface area contributed by atoms with Crippen LogP contribution in [-0.4, -0.2) is 129 Å². The number of amides is 4. The van der Waals surface area contributed by atoms with Gasteiger partial charge in [-0.3, -0.25) is 39.4 Å². The van der Waals surface area contributed by atoms with Gasteiger partial charge in [0.15, 0.2) is 0 Å². The van der Waals surface area contributed by atoms with E-state index in [1.807, 2.05) is 12.1 Å². The quantitative estimate of drug-likeness (QED) is 0.132. The first-order valence-electron chi connectivity index (χ1n) is 20.5. The SMILES string of the molecule is CC1(Oc2ccc3c(-c4cc(N5CCN(CC6CCN(CCCCNc7cccc8c7C(=O)N(C7CCC(=O)NC7=O)C8=O)CC6)CC5)ncn4)n[nH]c3c2)CC1. The molecule has 1 saturated carbocycles. The van der Waals surface area contributed by atoms with Crippen molar-refractivity contribution in [2.45, 2.75) is 69.9 Å². The number of anilines is 2. The van der Waals surface area contributed by atoms with Crippen molar-refractivity contribution >= 4 is 46.0 Å². The number of fused-ring (bicyclic) bond motifs is 2. The number of piperidine rings is 2. The van der Waals surface area contributed by atoms with Crippen LogP contribution >= 0.6 is 0 Å². The summed E-state index contributed by atoms with van der Waals surface area (Å²) in [6.07, 6.45) is 8.43. The van der Waals surface area contributed by atoms with Gasteiger partial charge >= 0.3 is 0 Å². The molecular formula is C42H50N10O5. The van der Waals surface area contributed by atoms with Crippen LogP contribution in [0.25, 0.3) is 22.3 Å². The molecule has 4 aromatic rings. The lowest BCUT2D eigenvalue weighted by Crippen LogP contribution is -2.54. The summed E-state index contributed by atoms with van der Waals surface area (Å²) in [6.45, 7) is 11.1. The molecule has 5 aliphatic rings. The fourth-order valence-electron chi connectivity index (χ4n) is 8.73. The molecule has 1 aliphatic carbocycles. The predicted molar refractivity (Wildman–Crippen MR) is 214 cm³/mol. The molecule has 9 rings (SSSR count). The summed E-state index contributed by atoms with van der Waals surface area (Å²) in [7, 11) is 0. The maximum Gasteiger partial charge on any atom is 0.264 e. The Labute approximate surface area is 331 Å². The highest BCUT2D eigenvalue weighted by Crippen LogP contribution is 2.40. The molecule has 2 aromatic heterocycles. The van der Waals surface area contributed by atoms with E-state index in [-0.39, 0.29) is 24.3 Å². The number of rotatable bonds is 13. The zero-order valence-electron chi connectivity index (χ0n) is 32.5. The van der Waals surface area contributed by atoms with Crippen molar-refractivity contribution in [3.63, 3.8) is 0 Å². The van der Waals surface area contributed by atoms with Gasteiger partial charge in [-0.25, -0.2) is 9.97 Å². The lowest BCUT2D eigenvalue weighted by atomic mass is 9.95. The smallest absolute Gasteiger partial charge is 0.264 e. The molecule has 1 atom stereocenters. The molecule has 6 heterocycles. The van der Waals surface area contributed by atoms with Crippen LogP contribution < -0.4 is 20.3 Å². The third kappa shape index (κ3) is 7.82. The Balaban J connectivity index is 0.691. The molecule has 4 amide bonds. The molecule has 298 valence electrons. The summed E-state index contributed by atoms with van der Waals surface area (Å²) in [4.78, 5) is 68.3. The van der Waals surface area contributed by atoms with E-state index in [1.165, 1.54) is 12.8 Å². The van der Waals surface area contributed by atoms with E-state index < -0.39 is 23.8 Å². The van der Waals surface area contributed by atoms with E-state index in [0.717, 1.165) is 117 Å². The van der Waals surface area contributed by atoms with Gasteiger partial charge in [-0.15, -0.1) is 0 Å². The molecule has 4 aliphatic heterocycles. The normalized spacial score (nSPS) is 21.6. The Hall–Kier alpha value is -5.41. The Morgan fingerprint density at radius 1 is 0.895 bits per heavy atom. The number of benzene rings is 2. The molecule has 0 radical (unpaired) electrons. The van der Waals surface area contributed by atoms with Gasteiger partial charge in [-0.2, -0.15) is 5.10 Å². The highest BCUT2D eigenvalue weighted by molar-refractivity contribution is 6.25. The summed E-state index contributed by atoms with van der Waals surface area (Å²) in [5, 5.41) is 14.4. The van der Waals surface area contributed by atoms with Crippen LogP contribution in [0.2, 0.25) is 0 Å². The van der Waals surface area contributed by atoms with Crippen molar-refractivity contribution in [1.29, 1.82) is 0 Å². The number of aromatic amines is 1. The predicted octanol–water partition coefficient (Wildman–Crippen LogP) is 4.08. The van der Waals surface area contributed by atoms with Gasteiger partial charge in [-0.05, 0) is 102 Å². The third-order valence-electron chi connectivity index (χ3n) is 12.4. The summed E-state index contributed by atoms with van der Waals surface area (Å²) in [5.41, 5.74) is 3.76. The van der Waals surface area contributed by atoms with Crippen LogP contribution in [0, 0.1) is 5.92 Å². The Kier molecular flexibility index (Phi) is 10.1. The number of hydrogen-bond acceptors (Lipinski definition) is 12. The van der Waals surface area contributed by atoms with Gasteiger partial charge < -0.3 is 19.9 Å². The van der Waals surface area contributed by atoms with Gasteiger partial charge in [0.25, 0.3) is 11.8 Å². The molecule has 15 nitrogen and oxygen atoms in total. The van der Waals surface area contributed by atoms with Gasteiger partial charge in [0.1, 0.15) is 35.2 Å². The number of imide groups is 2. The number of likely N-dealkylation sites (tertiary alicyclic amines) is 1. The fraction of sp³-hybridized carbons (Fsp3) is 0.500. The van der Waals surface area contributed by atoms with E-state index in [1.54, 1.807) is 24.5 Å². The van der Waals surface area contributed by atoms with Crippen molar-refractivity contribution in [3.05, 3.63) is 59.9 Å². The number of piperazine rings is 1. The average Bonchev–Trinajstić information content (AvgIpc) is 3.69. The second-order valence-electron chi connectivity index (χ2n) is 16.5. The number of aromatic nitrogens is 4. The van der Waals surface area contributed by atoms with Crippen molar-refractivity contribution in [2.24, 2.45) is 5.92 Å². The van der Waals surface area contributed by atoms with Gasteiger partial charge in [-0.1, -0.05) is 6.07 Å². The molecule has 1 unspecified atom stereocenters. The summed E-state index contributed by atoms with van der Waals surface area (Å²) in [6, 6.07) is 12.4. The minimum atomic E-state index is -0.969. The maximum absolute atomic E-state index is 13.4. The van der Waals surface area contributed by atoms with E-state index in [4.69, 9.17) is 4.74 Å². The first-order chi connectivity index (χ1) is 27.7. The second kappa shape index (κ2) is 15.5. The number of nitrogens with one attached hydrogen (secondary N) is 3. The number of H-pyrrole nitrogens is 1. The lowest BCUT2D eigenvalue weighted by molar-refractivity contribution is -0.136. The minimum Gasteiger partial charge on any atom is -0.487 e. The van der Waals surface area contributed by atoms with Gasteiger partial charge in [0.2, 0.25) is 11.8 Å². The molecule has 2 aromatic carbocycles. The van der Waals surface area contributed by atoms with Gasteiger partial charge in [0, 0.05) is 68.9 Å². The molecule has 15 heteroatoms. The summed E-state index contributed by atoms with van der Waals surface area (Å²) in [5.74, 6) is 0.543. The zero-order valence-corrected chi connectivity index (χ0v) is 32.5. The first-order valence-corrected chi connectivity index (χ1v) is 20.5. The number of hydrogen-bond donors (Lipinski definition) is 3. The molecule has 57 heavy (non-hydrogen) atoms. The van der Waals surface area contributed by atoms with Crippen molar-refractivity contribution in [1.82, 2.24) is 40.2 Å². The third-order valence-corrected chi connectivity index (χ3v) is 12.4. The maximum atomic E-state index is 13.4. The molecule has 0 bridgehead atoms. The van der Waals surface area contributed by atoms with Crippen LogP contribution in [0.3, 0.4) is 0 Å². The van der Waals surface area contributed by atoms with E-state index in [0.29, 0.717) is 29.3 Å². The molecule has 3 saturated heterocycles. The molecular weight excluding hydrogens is 725 g/mol. The van der Waals surface area contributed by atoms with Crippen molar-refractivity contribution < 1.29 is 23.9 Å². The average molecular weight is 775 g/mol. The number of unbranched alkanes of at least 4 members (excludes halogenated alkanes) is 1.